The molecule has 1 aliphatic heterocycles. The Morgan fingerprint density at radius 1 is 1.73 bits per heavy atom. The van der Waals surface area contributed by atoms with Gasteiger partial charge in [-0.2, -0.15) is 28.8 Å². The third kappa shape index (κ3) is 1.78. The van der Waals surface area contributed by atoms with Crippen LogP contribution in [0.2, 0.25) is 0 Å². The Morgan fingerprint density at radius 2 is 2.53 bits per heavy atom. The fraction of sp³-hybridized carbons (Fsp3) is 0.455. The zero-order chi connectivity index (χ0) is 10.8. The monoisotopic (exact) mass is 208 g/mol. The van der Waals surface area contributed by atoms with E-state index in [4.69, 9.17) is 9.57 Å². The van der Waals surface area contributed by atoms with Crippen LogP contribution in [0.5, 0.6) is 0 Å². The zero-order valence-corrected chi connectivity index (χ0v) is 8.84. The van der Waals surface area contributed by atoms with Gasteiger partial charge >= 0.3 is 5.97 Å². The number of hydroxylamine groups is 2. The van der Waals surface area contributed by atoms with Gasteiger partial charge in [-0.1, -0.05) is 0 Å². The number of rotatable bonds is 2. The van der Waals surface area contributed by atoms with Crippen LogP contribution in [0.4, 0.5) is 0 Å². The lowest BCUT2D eigenvalue weighted by molar-refractivity contribution is -0.145. The molecule has 0 N–H and O–H groups in total. The van der Waals surface area contributed by atoms with E-state index in [0.29, 0.717) is 6.61 Å². The van der Waals surface area contributed by atoms with E-state index in [9.17, 15) is 4.79 Å². The first-order valence-corrected chi connectivity index (χ1v) is 4.89. The summed E-state index contributed by atoms with van der Waals surface area (Å²) in [6.07, 6.45) is 0. The van der Waals surface area contributed by atoms with Crippen molar-refractivity contribution in [1.82, 2.24) is 5.06 Å². The summed E-state index contributed by atoms with van der Waals surface area (Å²) >= 11 is 0. The van der Waals surface area contributed by atoms with Crippen molar-refractivity contribution in [3.63, 3.8) is 0 Å². The van der Waals surface area contributed by atoms with E-state index in [1.54, 1.807) is 5.06 Å². The molecule has 2 atom stereocenters. The minimum absolute atomic E-state index is 0.0348. The van der Waals surface area contributed by atoms with Crippen LogP contribution in [-0.2, 0) is 14.4 Å². The minimum Gasteiger partial charge on any atom is -0.469 e. The molecule has 0 radical (unpaired) electrons. The van der Waals surface area contributed by atoms with Gasteiger partial charge in [0.25, 0.3) is 0 Å². The number of hydrogen-bond donors (Lipinski definition) is 0. The number of methoxy groups -OCH3 is 1. The molecule has 4 nitrogen and oxygen atoms in total. The van der Waals surface area contributed by atoms with Gasteiger partial charge in [-0.05, 0) is 0 Å². The molecule has 0 unspecified atom stereocenters. The molecule has 1 aliphatic rings. The Balaban J connectivity index is 2.23. The minimum atomic E-state index is -0.234. The average molecular weight is 208 g/mol. The molecule has 1 fully saturated rings. The van der Waals surface area contributed by atoms with Crippen LogP contribution in [0.15, 0.2) is 24.3 Å². The standard InChI is InChI=1S/C11H14NO3/c1-12-10(8-5-3-4-6-8)9(7-15-12)11(13)14-2/h3-6,9-10H,7H2,1-2H3/q-1/t9-,10-/m1/s1. The molecule has 82 valence electrons. The Morgan fingerprint density at radius 3 is 3.13 bits per heavy atom. The summed E-state index contributed by atoms with van der Waals surface area (Å²) in [6, 6.07) is 7.86. The molecule has 15 heavy (non-hydrogen) atoms. The van der Waals surface area contributed by atoms with Gasteiger partial charge in [0.1, 0.15) is 0 Å². The van der Waals surface area contributed by atoms with Crippen molar-refractivity contribution >= 4 is 5.97 Å². The lowest BCUT2D eigenvalue weighted by atomic mass is 9.96. The Hall–Kier alpha value is -1.26. The SMILES string of the molecule is COC(=O)[C@@H]1CON(C)[C@@H]1c1cc[cH-]c1. The number of nitrogens with zero attached hydrogens (tertiary/aromatic N) is 1. The van der Waals surface area contributed by atoms with Gasteiger partial charge in [0, 0.05) is 13.1 Å². The summed E-state index contributed by atoms with van der Waals surface area (Å²) < 4.78 is 4.77. The normalized spacial score (nSPS) is 26.8. The van der Waals surface area contributed by atoms with Crippen LogP contribution in [0.25, 0.3) is 0 Å². The molecule has 0 amide bonds. The second-order valence-corrected chi connectivity index (χ2v) is 3.63. The quantitative estimate of drug-likeness (QED) is 0.539. The van der Waals surface area contributed by atoms with Gasteiger partial charge in [0.15, 0.2) is 0 Å². The maximum atomic E-state index is 11.5. The van der Waals surface area contributed by atoms with Crippen molar-refractivity contribution in [2.24, 2.45) is 5.92 Å². The molecule has 1 saturated heterocycles. The third-order valence-corrected chi connectivity index (χ3v) is 2.76. The summed E-state index contributed by atoms with van der Waals surface area (Å²) in [6.45, 7) is 0.388. The highest BCUT2D eigenvalue weighted by molar-refractivity contribution is 5.74. The highest BCUT2D eigenvalue weighted by atomic mass is 16.7. The molecule has 1 heterocycles. The molecular weight excluding hydrogens is 194 g/mol. The summed E-state index contributed by atoms with van der Waals surface area (Å²) in [4.78, 5) is 16.9. The predicted molar refractivity (Wildman–Crippen MR) is 54.0 cm³/mol. The van der Waals surface area contributed by atoms with E-state index in [-0.39, 0.29) is 17.9 Å². The molecule has 1 aromatic rings. The van der Waals surface area contributed by atoms with E-state index >= 15 is 0 Å². The van der Waals surface area contributed by atoms with Gasteiger partial charge < -0.3 is 4.74 Å². The highest BCUT2D eigenvalue weighted by Crippen LogP contribution is 2.34. The first-order chi connectivity index (χ1) is 7.24. The third-order valence-electron chi connectivity index (χ3n) is 2.76. The van der Waals surface area contributed by atoms with Crippen molar-refractivity contribution < 1.29 is 14.4 Å². The topological polar surface area (TPSA) is 38.8 Å². The van der Waals surface area contributed by atoms with Crippen molar-refractivity contribution in [2.75, 3.05) is 20.8 Å². The van der Waals surface area contributed by atoms with Crippen LogP contribution in [0.3, 0.4) is 0 Å². The molecule has 0 spiro atoms. The van der Waals surface area contributed by atoms with Gasteiger partial charge in [-0.3, -0.25) is 9.63 Å². The largest absolute Gasteiger partial charge is 0.469 e. The van der Waals surface area contributed by atoms with Crippen molar-refractivity contribution in [3.8, 4) is 0 Å². The fourth-order valence-electron chi connectivity index (χ4n) is 2.00. The molecule has 0 saturated carbocycles. The molecule has 4 heteroatoms. The van der Waals surface area contributed by atoms with Gasteiger partial charge in [-0.15, -0.1) is 0 Å². The number of carbonyl (C=O) groups excluding carboxylic acids is 1. The van der Waals surface area contributed by atoms with E-state index in [1.807, 2.05) is 31.3 Å². The van der Waals surface area contributed by atoms with E-state index in [2.05, 4.69) is 0 Å². The van der Waals surface area contributed by atoms with Crippen molar-refractivity contribution in [2.45, 2.75) is 6.04 Å². The van der Waals surface area contributed by atoms with Crippen LogP contribution < -0.4 is 0 Å². The van der Waals surface area contributed by atoms with E-state index < -0.39 is 0 Å². The van der Waals surface area contributed by atoms with Gasteiger partial charge in [-0.25, -0.2) is 6.07 Å². The number of carbonyl (C=O) groups is 1. The molecule has 0 aliphatic carbocycles. The highest BCUT2D eigenvalue weighted by Gasteiger charge is 2.37. The first-order valence-electron chi connectivity index (χ1n) is 4.89. The fourth-order valence-corrected chi connectivity index (χ4v) is 2.00. The number of hydrogen-bond acceptors (Lipinski definition) is 4. The molecule has 1 aromatic carbocycles. The zero-order valence-electron chi connectivity index (χ0n) is 8.84. The predicted octanol–water partition coefficient (Wildman–Crippen LogP) is 1.11. The van der Waals surface area contributed by atoms with E-state index in [1.165, 1.54) is 7.11 Å². The Bertz CT molecular complexity index is 334. The van der Waals surface area contributed by atoms with Gasteiger partial charge in [0.2, 0.25) is 0 Å². The van der Waals surface area contributed by atoms with E-state index in [0.717, 1.165) is 5.56 Å². The van der Waals surface area contributed by atoms with Crippen LogP contribution in [0.1, 0.15) is 11.6 Å². The summed E-state index contributed by atoms with van der Waals surface area (Å²) in [5, 5.41) is 1.72. The van der Waals surface area contributed by atoms with Crippen molar-refractivity contribution in [1.29, 1.82) is 0 Å². The number of ether oxygens (including phenoxy) is 1. The maximum absolute atomic E-state index is 11.5. The smallest absolute Gasteiger partial charge is 0.312 e. The summed E-state index contributed by atoms with van der Waals surface area (Å²) in [5.74, 6) is -0.451. The summed E-state index contributed by atoms with van der Waals surface area (Å²) in [7, 11) is 3.24. The molecule has 0 aromatic heterocycles. The second-order valence-electron chi connectivity index (χ2n) is 3.63. The second kappa shape index (κ2) is 4.08. The Kier molecular flexibility index (Phi) is 2.79. The molecule has 2 rings (SSSR count). The van der Waals surface area contributed by atoms with Crippen molar-refractivity contribution in [3.05, 3.63) is 29.8 Å². The van der Waals surface area contributed by atoms with Gasteiger partial charge in [0.05, 0.1) is 19.6 Å². The van der Waals surface area contributed by atoms with Crippen LogP contribution in [-0.4, -0.2) is 31.8 Å². The average Bonchev–Trinajstić information content (AvgIpc) is 2.85. The lowest BCUT2D eigenvalue weighted by Crippen LogP contribution is -2.26. The Labute approximate surface area is 88.7 Å². The lowest BCUT2D eigenvalue weighted by Gasteiger charge is -2.24. The summed E-state index contributed by atoms with van der Waals surface area (Å²) in [5.41, 5.74) is 1.09. The molecule has 0 bridgehead atoms. The molecular formula is C11H14NO3-. The van der Waals surface area contributed by atoms with Crippen LogP contribution >= 0.6 is 0 Å². The first kappa shape index (κ1) is 10.3. The number of esters is 1. The van der Waals surface area contributed by atoms with Crippen LogP contribution in [0, 0.1) is 5.92 Å². The maximum Gasteiger partial charge on any atom is 0.312 e.